The second-order valence-electron chi connectivity index (χ2n) is 8.50. The van der Waals surface area contributed by atoms with Crippen molar-refractivity contribution >= 4 is 60.5 Å². The van der Waals surface area contributed by atoms with Gasteiger partial charge in [0, 0.05) is 26.0 Å². The molecule has 0 saturated carbocycles. The number of rotatable bonds is 4. The van der Waals surface area contributed by atoms with Crippen LogP contribution in [0.5, 0.6) is 0 Å². The Hall–Kier alpha value is -2.96. The Morgan fingerprint density at radius 1 is 0.939 bits per heavy atom. The van der Waals surface area contributed by atoms with Crippen LogP contribution in [0.2, 0.25) is 0 Å². The van der Waals surface area contributed by atoms with Gasteiger partial charge in [-0.3, -0.25) is 9.59 Å². The predicted molar refractivity (Wildman–Crippen MR) is 140 cm³/mol. The summed E-state index contributed by atoms with van der Waals surface area (Å²) in [6.45, 7) is 2.23. The summed E-state index contributed by atoms with van der Waals surface area (Å²) in [7, 11) is 0. The van der Waals surface area contributed by atoms with E-state index in [-0.39, 0.29) is 11.8 Å². The number of hydrogen-bond donors (Lipinski definition) is 2. The molecule has 6 heteroatoms. The highest BCUT2D eigenvalue weighted by Gasteiger charge is 2.28. The summed E-state index contributed by atoms with van der Waals surface area (Å²) in [4.78, 5) is 27.8. The van der Waals surface area contributed by atoms with Gasteiger partial charge in [0.2, 0.25) is 0 Å². The lowest BCUT2D eigenvalue weighted by Gasteiger charge is -2.19. The number of hydrogen-bond acceptors (Lipinski definition) is 3. The van der Waals surface area contributed by atoms with Crippen LogP contribution in [0.15, 0.2) is 71.2 Å². The maximum absolute atomic E-state index is 13.6. The summed E-state index contributed by atoms with van der Waals surface area (Å²) in [6.07, 6.45) is 2.82. The summed E-state index contributed by atoms with van der Waals surface area (Å²) >= 11 is 4.93. The maximum Gasteiger partial charge on any atom is 0.258 e. The van der Waals surface area contributed by atoms with Crippen LogP contribution in [-0.2, 0) is 12.8 Å². The monoisotopic (exact) mass is 518 g/mol. The van der Waals surface area contributed by atoms with Crippen LogP contribution in [0, 0.1) is 5.92 Å². The first-order valence-electron chi connectivity index (χ1n) is 11.0. The van der Waals surface area contributed by atoms with Crippen molar-refractivity contribution in [3.05, 3.63) is 92.8 Å². The summed E-state index contributed by atoms with van der Waals surface area (Å²) in [6, 6.07) is 21.1. The van der Waals surface area contributed by atoms with Gasteiger partial charge in [0.1, 0.15) is 5.00 Å². The van der Waals surface area contributed by atoms with Crippen molar-refractivity contribution in [1.29, 1.82) is 0 Å². The van der Waals surface area contributed by atoms with Gasteiger partial charge in [0.15, 0.2) is 0 Å². The molecule has 3 aromatic carbocycles. The summed E-state index contributed by atoms with van der Waals surface area (Å²) in [5, 5.41) is 8.83. The van der Waals surface area contributed by atoms with E-state index in [0.29, 0.717) is 22.0 Å². The lowest BCUT2D eigenvalue weighted by molar-refractivity contribution is 0.102. The fourth-order valence-corrected chi connectivity index (χ4v) is 6.04. The molecule has 1 aliphatic carbocycles. The van der Waals surface area contributed by atoms with Gasteiger partial charge in [0.25, 0.3) is 11.8 Å². The molecule has 4 nitrogen and oxygen atoms in total. The zero-order chi connectivity index (χ0) is 22.9. The van der Waals surface area contributed by atoms with Crippen molar-refractivity contribution in [3.63, 3.8) is 0 Å². The lowest BCUT2D eigenvalue weighted by Crippen LogP contribution is -2.19. The van der Waals surface area contributed by atoms with E-state index in [1.807, 2.05) is 54.6 Å². The molecule has 1 aromatic heterocycles. The normalized spacial score (nSPS) is 15.2. The second kappa shape index (κ2) is 9.12. The fraction of sp³-hybridized carbons (Fsp3) is 0.185. The van der Waals surface area contributed by atoms with Gasteiger partial charge in [0.05, 0.1) is 5.56 Å². The van der Waals surface area contributed by atoms with Gasteiger partial charge < -0.3 is 10.6 Å². The lowest BCUT2D eigenvalue weighted by atomic mass is 9.88. The molecular weight excluding hydrogens is 496 g/mol. The number of benzene rings is 3. The molecule has 0 bridgehead atoms. The zero-order valence-electron chi connectivity index (χ0n) is 18.2. The molecule has 0 spiro atoms. The summed E-state index contributed by atoms with van der Waals surface area (Å²) < 4.78 is 0.912. The molecule has 1 atom stereocenters. The molecule has 2 N–H and O–H groups in total. The van der Waals surface area contributed by atoms with Gasteiger partial charge in [-0.2, -0.15) is 0 Å². The molecule has 1 heterocycles. The van der Waals surface area contributed by atoms with E-state index in [4.69, 9.17) is 0 Å². The van der Waals surface area contributed by atoms with Crippen LogP contribution in [0.4, 0.5) is 10.7 Å². The quantitative estimate of drug-likeness (QED) is 0.297. The van der Waals surface area contributed by atoms with E-state index in [1.54, 1.807) is 12.1 Å². The van der Waals surface area contributed by atoms with Gasteiger partial charge >= 0.3 is 0 Å². The molecule has 4 aromatic rings. The summed E-state index contributed by atoms with van der Waals surface area (Å²) in [5.41, 5.74) is 2.99. The first-order chi connectivity index (χ1) is 16.0. The van der Waals surface area contributed by atoms with Gasteiger partial charge in [-0.1, -0.05) is 59.3 Å². The molecule has 1 aliphatic rings. The highest BCUT2D eigenvalue weighted by Crippen LogP contribution is 2.40. The minimum absolute atomic E-state index is 0.176. The maximum atomic E-state index is 13.6. The molecule has 2 amide bonds. The molecule has 0 radical (unpaired) electrons. The molecule has 0 saturated heterocycles. The number of carbonyl (C=O) groups excluding carboxylic acids is 2. The number of amides is 2. The van der Waals surface area contributed by atoms with Crippen molar-refractivity contribution in [2.75, 3.05) is 10.6 Å². The second-order valence-corrected chi connectivity index (χ2v) is 10.5. The highest BCUT2D eigenvalue weighted by atomic mass is 79.9. The minimum atomic E-state index is -0.214. The molecule has 1 unspecified atom stereocenters. The number of anilines is 2. The third-order valence-corrected chi connectivity index (χ3v) is 7.81. The van der Waals surface area contributed by atoms with Crippen LogP contribution >= 0.6 is 27.3 Å². The Morgan fingerprint density at radius 2 is 1.70 bits per heavy atom. The van der Waals surface area contributed by atoms with Crippen LogP contribution in [0.3, 0.4) is 0 Å². The number of nitrogens with one attached hydrogen (secondary N) is 2. The van der Waals surface area contributed by atoms with E-state index in [1.165, 1.54) is 16.2 Å². The Balaban J connectivity index is 1.50. The predicted octanol–water partition coefficient (Wildman–Crippen LogP) is 7.29. The van der Waals surface area contributed by atoms with Crippen molar-refractivity contribution in [2.24, 2.45) is 5.92 Å². The Labute approximate surface area is 205 Å². The number of fused-ring (bicyclic) bond motifs is 2. The average molecular weight is 519 g/mol. The van der Waals surface area contributed by atoms with E-state index >= 15 is 0 Å². The Morgan fingerprint density at radius 3 is 2.52 bits per heavy atom. The van der Waals surface area contributed by atoms with Gasteiger partial charge in [-0.15, -0.1) is 11.3 Å². The molecule has 0 aliphatic heterocycles. The van der Waals surface area contributed by atoms with E-state index in [9.17, 15) is 9.59 Å². The standard InChI is InChI=1S/C27H23BrN2O2S/c1-16-9-14-21-23(15-16)33-27(30-25(31)18-10-12-19(28)13-11-18)24(21)26(32)29-22-8-4-6-17-5-2-3-7-20(17)22/h2-8,10-13,16H,9,14-15H2,1H3,(H,29,32)(H,30,31). The molecular formula is C27H23BrN2O2S. The first kappa shape index (κ1) is 21.9. The number of carbonyl (C=O) groups is 2. The fourth-order valence-electron chi connectivity index (χ4n) is 4.37. The first-order valence-corrected chi connectivity index (χ1v) is 12.6. The van der Waals surface area contributed by atoms with Crippen LogP contribution in [0.1, 0.15) is 44.5 Å². The molecule has 0 fully saturated rings. The van der Waals surface area contributed by atoms with E-state index in [0.717, 1.165) is 45.8 Å². The smallest absolute Gasteiger partial charge is 0.258 e. The van der Waals surface area contributed by atoms with Gasteiger partial charge in [-0.05, 0) is 66.5 Å². The molecule has 5 rings (SSSR count). The average Bonchev–Trinajstić information content (AvgIpc) is 3.16. The molecule has 166 valence electrons. The van der Waals surface area contributed by atoms with E-state index in [2.05, 4.69) is 33.5 Å². The Kier molecular flexibility index (Phi) is 6.04. The van der Waals surface area contributed by atoms with Crippen molar-refractivity contribution < 1.29 is 9.59 Å². The SMILES string of the molecule is CC1CCc2c(sc(NC(=O)c3ccc(Br)cc3)c2C(=O)Nc2cccc3ccccc23)C1. The summed E-state index contributed by atoms with van der Waals surface area (Å²) in [5.74, 6) is 0.179. The third-order valence-electron chi connectivity index (χ3n) is 6.11. The van der Waals surface area contributed by atoms with E-state index < -0.39 is 0 Å². The van der Waals surface area contributed by atoms with Crippen LogP contribution in [0.25, 0.3) is 10.8 Å². The third kappa shape index (κ3) is 4.45. The van der Waals surface area contributed by atoms with Gasteiger partial charge in [-0.25, -0.2) is 0 Å². The number of thiophene rings is 1. The largest absolute Gasteiger partial charge is 0.321 e. The number of halogens is 1. The van der Waals surface area contributed by atoms with Crippen LogP contribution in [-0.4, -0.2) is 11.8 Å². The zero-order valence-corrected chi connectivity index (χ0v) is 20.6. The van der Waals surface area contributed by atoms with Crippen molar-refractivity contribution in [3.8, 4) is 0 Å². The van der Waals surface area contributed by atoms with Crippen LogP contribution < -0.4 is 10.6 Å². The van der Waals surface area contributed by atoms with Crippen molar-refractivity contribution in [2.45, 2.75) is 26.2 Å². The minimum Gasteiger partial charge on any atom is -0.321 e. The molecule has 33 heavy (non-hydrogen) atoms. The van der Waals surface area contributed by atoms with Crippen molar-refractivity contribution in [1.82, 2.24) is 0 Å². The highest BCUT2D eigenvalue weighted by molar-refractivity contribution is 9.10. The Bertz CT molecular complexity index is 1360. The topological polar surface area (TPSA) is 58.2 Å².